The molecule has 0 fully saturated rings. The molecule has 112 valence electrons. The van der Waals surface area contributed by atoms with Gasteiger partial charge in [0.2, 0.25) is 0 Å². The Morgan fingerprint density at radius 2 is 1.95 bits per heavy atom. The predicted octanol–water partition coefficient (Wildman–Crippen LogP) is 2.07. The molecule has 7 heteroatoms. The van der Waals surface area contributed by atoms with Gasteiger partial charge in [0, 0.05) is 19.3 Å². The summed E-state index contributed by atoms with van der Waals surface area (Å²) in [5.74, 6) is -2.16. The Morgan fingerprint density at radius 3 is 2.64 bits per heavy atom. The van der Waals surface area contributed by atoms with Crippen LogP contribution in [-0.4, -0.2) is 24.0 Å². The van der Waals surface area contributed by atoms with Crippen molar-refractivity contribution in [2.24, 2.45) is 0 Å². The number of rotatable bonds is 5. The minimum atomic E-state index is -0.908. The van der Waals surface area contributed by atoms with Crippen LogP contribution in [0.1, 0.15) is 15.9 Å². The van der Waals surface area contributed by atoms with Crippen LogP contribution in [0.4, 0.5) is 14.6 Å². The maximum absolute atomic E-state index is 13.4. The van der Waals surface area contributed by atoms with Crippen LogP contribution in [0, 0.1) is 23.0 Å². The van der Waals surface area contributed by atoms with Crippen molar-refractivity contribution >= 4 is 11.7 Å². The van der Waals surface area contributed by atoms with Gasteiger partial charge >= 0.3 is 0 Å². The Hall–Kier alpha value is -3.01. The van der Waals surface area contributed by atoms with Gasteiger partial charge in [-0.3, -0.25) is 4.79 Å². The lowest BCUT2D eigenvalue weighted by Crippen LogP contribution is -2.30. The van der Waals surface area contributed by atoms with E-state index in [9.17, 15) is 13.6 Å². The van der Waals surface area contributed by atoms with Crippen LogP contribution in [0.25, 0.3) is 0 Å². The van der Waals surface area contributed by atoms with Gasteiger partial charge in [0.05, 0.1) is 11.6 Å². The quantitative estimate of drug-likeness (QED) is 0.829. The molecule has 0 aliphatic rings. The van der Waals surface area contributed by atoms with Crippen molar-refractivity contribution in [2.75, 3.05) is 18.4 Å². The van der Waals surface area contributed by atoms with Crippen molar-refractivity contribution in [3.63, 3.8) is 0 Å². The van der Waals surface area contributed by atoms with E-state index in [0.717, 1.165) is 12.1 Å². The van der Waals surface area contributed by atoms with Crippen LogP contribution in [-0.2, 0) is 0 Å². The van der Waals surface area contributed by atoms with Crippen LogP contribution >= 0.6 is 0 Å². The van der Waals surface area contributed by atoms with E-state index in [4.69, 9.17) is 5.26 Å². The van der Waals surface area contributed by atoms with Gasteiger partial charge in [-0.2, -0.15) is 5.26 Å². The van der Waals surface area contributed by atoms with E-state index >= 15 is 0 Å². The number of nitriles is 1. The minimum Gasteiger partial charge on any atom is -0.368 e. The molecule has 0 aliphatic heterocycles. The van der Waals surface area contributed by atoms with E-state index in [1.165, 1.54) is 12.3 Å². The summed E-state index contributed by atoms with van der Waals surface area (Å²) < 4.78 is 26.8. The van der Waals surface area contributed by atoms with E-state index in [1.807, 2.05) is 6.07 Å². The standard InChI is InChI=1S/C15H12F2N4O/c16-11-2-1-3-12(17)14(11)15(22)21-7-6-20-13-8-10(9-18)4-5-19-13/h1-5,8H,6-7H2,(H,19,20)(H,21,22). The molecule has 0 saturated heterocycles. The third-order valence-corrected chi connectivity index (χ3v) is 2.80. The first kappa shape index (κ1) is 15.4. The monoisotopic (exact) mass is 302 g/mol. The summed E-state index contributed by atoms with van der Waals surface area (Å²) in [5, 5.41) is 14.0. The summed E-state index contributed by atoms with van der Waals surface area (Å²) in [7, 11) is 0. The molecule has 2 rings (SSSR count). The van der Waals surface area contributed by atoms with Gasteiger partial charge in [-0.05, 0) is 24.3 Å². The lowest BCUT2D eigenvalue weighted by molar-refractivity contribution is 0.0946. The molecule has 0 radical (unpaired) electrons. The molecule has 0 unspecified atom stereocenters. The summed E-state index contributed by atoms with van der Waals surface area (Å²) in [6.45, 7) is 0.439. The van der Waals surface area contributed by atoms with Gasteiger partial charge in [0.15, 0.2) is 0 Å². The highest BCUT2D eigenvalue weighted by molar-refractivity contribution is 5.94. The Kier molecular flexibility index (Phi) is 4.98. The van der Waals surface area contributed by atoms with Gasteiger partial charge in [-0.1, -0.05) is 6.07 Å². The van der Waals surface area contributed by atoms with Crippen molar-refractivity contribution in [2.45, 2.75) is 0 Å². The number of hydrogen-bond acceptors (Lipinski definition) is 4. The molecule has 0 spiro atoms. The number of nitrogens with one attached hydrogen (secondary N) is 2. The summed E-state index contributed by atoms with van der Waals surface area (Å²) in [4.78, 5) is 15.7. The van der Waals surface area contributed by atoms with Crippen LogP contribution in [0.3, 0.4) is 0 Å². The molecule has 1 amide bonds. The fraction of sp³-hybridized carbons (Fsp3) is 0.133. The number of nitrogens with zero attached hydrogens (tertiary/aromatic N) is 2. The second-order valence-corrected chi connectivity index (χ2v) is 4.32. The van der Waals surface area contributed by atoms with Crippen molar-refractivity contribution in [3.05, 3.63) is 59.3 Å². The number of hydrogen-bond donors (Lipinski definition) is 2. The summed E-state index contributed by atoms with van der Waals surface area (Å²) in [6, 6.07) is 8.33. The molecule has 0 bridgehead atoms. The number of halogens is 2. The molecule has 5 nitrogen and oxygen atoms in total. The predicted molar refractivity (Wildman–Crippen MR) is 76.1 cm³/mol. The molecule has 0 atom stereocenters. The van der Waals surface area contributed by atoms with Gasteiger partial charge in [-0.25, -0.2) is 13.8 Å². The first-order valence-corrected chi connectivity index (χ1v) is 6.44. The van der Waals surface area contributed by atoms with Crippen molar-refractivity contribution in [1.29, 1.82) is 5.26 Å². The highest BCUT2D eigenvalue weighted by atomic mass is 19.1. The number of carbonyl (C=O) groups is 1. The first-order valence-electron chi connectivity index (χ1n) is 6.44. The van der Waals surface area contributed by atoms with E-state index in [1.54, 1.807) is 12.1 Å². The zero-order valence-electron chi connectivity index (χ0n) is 11.4. The SMILES string of the molecule is N#Cc1ccnc(NCCNC(=O)c2c(F)cccc2F)c1. The zero-order chi connectivity index (χ0) is 15.9. The highest BCUT2D eigenvalue weighted by Gasteiger charge is 2.16. The third-order valence-electron chi connectivity index (χ3n) is 2.80. The molecular formula is C15H12F2N4O. The van der Waals surface area contributed by atoms with Gasteiger partial charge < -0.3 is 10.6 Å². The molecule has 1 aromatic carbocycles. The van der Waals surface area contributed by atoms with Gasteiger partial charge in [0.25, 0.3) is 5.91 Å². The number of carbonyl (C=O) groups excluding carboxylic acids is 1. The molecule has 1 heterocycles. The summed E-state index contributed by atoms with van der Waals surface area (Å²) >= 11 is 0. The molecule has 0 saturated carbocycles. The Morgan fingerprint density at radius 1 is 1.23 bits per heavy atom. The number of aromatic nitrogens is 1. The smallest absolute Gasteiger partial charge is 0.257 e. The normalized spacial score (nSPS) is 9.86. The zero-order valence-corrected chi connectivity index (χ0v) is 11.4. The van der Waals surface area contributed by atoms with E-state index < -0.39 is 23.1 Å². The average molecular weight is 302 g/mol. The number of pyridine rings is 1. The fourth-order valence-corrected chi connectivity index (χ4v) is 1.77. The van der Waals surface area contributed by atoms with Crippen molar-refractivity contribution < 1.29 is 13.6 Å². The highest BCUT2D eigenvalue weighted by Crippen LogP contribution is 2.11. The van der Waals surface area contributed by atoms with Crippen molar-refractivity contribution in [3.8, 4) is 6.07 Å². The van der Waals surface area contributed by atoms with Crippen LogP contribution in [0.5, 0.6) is 0 Å². The molecule has 2 aromatic rings. The average Bonchev–Trinajstić information content (AvgIpc) is 2.51. The second-order valence-electron chi connectivity index (χ2n) is 4.32. The van der Waals surface area contributed by atoms with Crippen LogP contribution in [0.2, 0.25) is 0 Å². The Labute approximate surface area is 125 Å². The largest absolute Gasteiger partial charge is 0.368 e. The van der Waals surface area contributed by atoms with Gasteiger partial charge in [-0.15, -0.1) is 0 Å². The number of amides is 1. The summed E-state index contributed by atoms with van der Waals surface area (Å²) in [5.41, 5.74) is -0.151. The lowest BCUT2D eigenvalue weighted by atomic mass is 10.2. The summed E-state index contributed by atoms with van der Waals surface area (Å²) in [6.07, 6.45) is 1.48. The minimum absolute atomic E-state index is 0.144. The van der Waals surface area contributed by atoms with Crippen LogP contribution < -0.4 is 10.6 Å². The second kappa shape index (κ2) is 7.13. The maximum atomic E-state index is 13.4. The van der Waals surface area contributed by atoms with Gasteiger partial charge in [0.1, 0.15) is 23.0 Å². The molecule has 22 heavy (non-hydrogen) atoms. The molecule has 2 N–H and O–H groups in total. The lowest BCUT2D eigenvalue weighted by Gasteiger charge is -2.08. The topological polar surface area (TPSA) is 77.8 Å². The Bertz CT molecular complexity index is 707. The van der Waals surface area contributed by atoms with Crippen LogP contribution in [0.15, 0.2) is 36.5 Å². The maximum Gasteiger partial charge on any atom is 0.257 e. The number of benzene rings is 1. The van der Waals surface area contributed by atoms with E-state index in [-0.39, 0.29) is 6.54 Å². The molecule has 1 aromatic heterocycles. The fourth-order valence-electron chi connectivity index (χ4n) is 1.77. The van der Waals surface area contributed by atoms with Crippen molar-refractivity contribution in [1.82, 2.24) is 10.3 Å². The third kappa shape index (κ3) is 3.76. The van der Waals surface area contributed by atoms with E-state index in [2.05, 4.69) is 15.6 Å². The number of anilines is 1. The van der Waals surface area contributed by atoms with E-state index in [0.29, 0.717) is 17.9 Å². The molecule has 0 aliphatic carbocycles. The first-order chi connectivity index (χ1) is 10.6. The molecular weight excluding hydrogens is 290 g/mol. The Balaban J connectivity index is 1.86.